The Kier molecular flexibility index (Phi) is 1.55. The zero-order valence-electron chi connectivity index (χ0n) is 7.99. The summed E-state index contributed by atoms with van der Waals surface area (Å²) in [6, 6.07) is 0. The quantitative estimate of drug-likeness (QED) is 0.631. The molecular formula is C10H12N2O. The number of hydrogen-bond donors (Lipinski definition) is 2. The largest absolute Gasteiger partial charge is 0.358 e. The van der Waals surface area contributed by atoms with Crippen LogP contribution in [0.1, 0.15) is 16.8 Å². The van der Waals surface area contributed by atoms with E-state index < -0.39 is 0 Å². The fraction of sp³-hybridized carbons (Fsp3) is 0.300. The third kappa shape index (κ3) is 1.00. The maximum atomic E-state index is 11.3. The first-order valence-corrected chi connectivity index (χ1v) is 4.28. The molecular weight excluding hydrogens is 164 g/mol. The Morgan fingerprint density at radius 1 is 1.15 bits per heavy atom. The molecule has 0 aliphatic carbocycles. The van der Waals surface area contributed by atoms with E-state index in [1.54, 1.807) is 6.20 Å². The van der Waals surface area contributed by atoms with Crippen molar-refractivity contribution in [1.82, 2.24) is 9.97 Å². The Bertz CT molecular complexity index is 519. The molecule has 0 unspecified atom stereocenters. The first kappa shape index (κ1) is 8.10. The minimum absolute atomic E-state index is 0.0197. The first-order chi connectivity index (χ1) is 6.11. The summed E-state index contributed by atoms with van der Waals surface area (Å²) in [4.78, 5) is 17.2. The van der Waals surface area contributed by atoms with Crippen LogP contribution in [0.3, 0.4) is 0 Å². The monoisotopic (exact) mass is 176 g/mol. The highest BCUT2D eigenvalue weighted by Gasteiger charge is 2.07. The van der Waals surface area contributed by atoms with Crippen molar-refractivity contribution in [2.24, 2.45) is 0 Å². The van der Waals surface area contributed by atoms with E-state index in [1.165, 1.54) is 5.56 Å². The average Bonchev–Trinajstić information content (AvgIpc) is 2.38. The molecule has 3 nitrogen and oxygen atoms in total. The minimum Gasteiger partial charge on any atom is -0.358 e. The van der Waals surface area contributed by atoms with Gasteiger partial charge in [-0.1, -0.05) is 0 Å². The number of aromatic amines is 2. The maximum Gasteiger partial charge on any atom is 0.252 e. The molecule has 0 atom stereocenters. The summed E-state index contributed by atoms with van der Waals surface area (Å²) in [5.41, 5.74) is 4.02. The second-order valence-electron chi connectivity index (χ2n) is 3.41. The molecule has 2 heterocycles. The van der Waals surface area contributed by atoms with Gasteiger partial charge in [-0.3, -0.25) is 4.79 Å². The van der Waals surface area contributed by atoms with E-state index in [4.69, 9.17) is 0 Å². The SMILES string of the molecule is Cc1[nH]c2c(C)c(=O)[nH]cc2c1C. The Morgan fingerprint density at radius 3 is 2.54 bits per heavy atom. The van der Waals surface area contributed by atoms with Crippen LogP contribution in [0.25, 0.3) is 10.9 Å². The molecule has 0 saturated heterocycles. The molecule has 2 aromatic rings. The van der Waals surface area contributed by atoms with Gasteiger partial charge in [0, 0.05) is 22.8 Å². The molecule has 0 radical (unpaired) electrons. The van der Waals surface area contributed by atoms with Crippen LogP contribution < -0.4 is 5.56 Å². The summed E-state index contributed by atoms with van der Waals surface area (Å²) >= 11 is 0. The van der Waals surface area contributed by atoms with Crippen molar-refractivity contribution in [3.05, 3.63) is 33.4 Å². The number of rotatable bonds is 0. The predicted molar refractivity (Wildman–Crippen MR) is 53.1 cm³/mol. The highest BCUT2D eigenvalue weighted by Crippen LogP contribution is 2.20. The van der Waals surface area contributed by atoms with Crippen LogP contribution >= 0.6 is 0 Å². The molecule has 0 aromatic carbocycles. The molecule has 0 aliphatic rings. The lowest BCUT2D eigenvalue weighted by Gasteiger charge is -1.94. The second kappa shape index (κ2) is 2.49. The number of H-pyrrole nitrogens is 2. The van der Waals surface area contributed by atoms with Crippen LogP contribution in [0.2, 0.25) is 0 Å². The molecule has 0 amide bonds. The Morgan fingerprint density at radius 2 is 1.85 bits per heavy atom. The average molecular weight is 176 g/mol. The fourth-order valence-electron chi connectivity index (χ4n) is 1.57. The third-order valence-electron chi connectivity index (χ3n) is 2.61. The van der Waals surface area contributed by atoms with Crippen LogP contribution in [0, 0.1) is 20.8 Å². The zero-order valence-corrected chi connectivity index (χ0v) is 7.99. The van der Waals surface area contributed by atoms with Gasteiger partial charge in [0.1, 0.15) is 0 Å². The Labute approximate surface area is 75.8 Å². The normalized spacial score (nSPS) is 11.0. The van der Waals surface area contributed by atoms with E-state index in [1.807, 2.05) is 20.8 Å². The highest BCUT2D eigenvalue weighted by atomic mass is 16.1. The van der Waals surface area contributed by atoms with Crippen LogP contribution in [-0.2, 0) is 0 Å². The molecule has 68 valence electrons. The molecule has 0 aliphatic heterocycles. The number of hydrogen-bond acceptors (Lipinski definition) is 1. The van der Waals surface area contributed by atoms with Gasteiger partial charge in [-0.25, -0.2) is 0 Å². The van der Waals surface area contributed by atoms with Gasteiger partial charge in [0.2, 0.25) is 0 Å². The zero-order chi connectivity index (χ0) is 9.59. The van der Waals surface area contributed by atoms with Crippen LogP contribution in [0.5, 0.6) is 0 Å². The Balaban J connectivity index is 3.03. The van der Waals surface area contributed by atoms with Crippen molar-refractivity contribution in [1.29, 1.82) is 0 Å². The summed E-state index contributed by atoms with van der Waals surface area (Å²) in [6.45, 7) is 5.89. The second-order valence-corrected chi connectivity index (χ2v) is 3.41. The molecule has 2 rings (SSSR count). The van der Waals surface area contributed by atoms with Crippen molar-refractivity contribution >= 4 is 10.9 Å². The Hall–Kier alpha value is -1.51. The molecule has 0 spiro atoms. The lowest BCUT2D eigenvalue weighted by atomic mass is 10.1. The van der Waals surface area contributed by atoms with E-state index in [0.717, 1.165) is 22.2 Å². The van der Waals surface area contributed by atoms with E-state index in [-0.39, 0.29) is 5.56 Å². The number of pyridine rings is 1. The lowest BCUT2D eigenvalue weighted by molar-refractivity contribution is 1.20. The van der Waals surface area contributed by atoms with Crippen LogP contribution in [-0.4, -0.2) is 9.97 Å². The van der Waals surface area contributed by atoms with Gasteiger partial charge in [-0.15, -0.1) is 0 Å². The minimum atomic E-state index is -0.0197. The van der Waals surface area contributed by atoms with Crippen molar-refractivity contribution in [2.75, 3.05) is 0 Å². The van der Waals surface area contributed by atoms with Crippen LogP contribution in [0.15, 0.2) is 11.0 Å². The summed E-state index contributed by atoms with van der Waals surface area (Å²) < 4.78 is 0. The van der Waals surface area contributed by atoms with Crippen molar-refractivity contribution < 1.29 is 0 Å². The number of nitrogens with one attached hydrogen (secondary N) is 2. The van der Waals surface area contributed by atoms with Gasteiger partial charge in [-0.05, 0) is 26.3 Å². The highest BCUT2D eigenvalue weighted by molar-refractivity contribution is 5.85. The summed E-state index contributed by atoms with van der Waals surface area (Å²) in [5.74, 6) is 0. The molecule has 0 bridgehead atoms. The van der Waals surface area contributed by atoms with E-state index in [2.05, 4.69) is 9.97 Å². The lowest BCUT2D eigenvalue weighted by Crippen LogP contribution is -2.08. The summed E-state index contributed by atoms with van der Waals surface area (Å²) in [5, 5.41) is 1.11. The predicted octanol–water partition coefficient (Wildman–Crippen LogP) is 1.78. The van der Waals surface area contributed by atoms with Gasteiger partial charge in [0.15, 0.2) is 0 Å². The molecule has 13 heavy (non-hydrogen) atoms. The smallest absolute Gasteiger partial charge is 0.252 e. The van der Waals surface area contributed by atoms with Crippen LogP contribution in [0.4, 0.5) is 0 Å². The molecule has 0 fully saturated rings. The van der Waals surface area contributed by atoms with E-state index >= 15 is 0 Å². The number of aromatic nitrogens is 2. The summed E-state index contributed by atoms with van der Waals surface area (Å²) in [6.07, 6.45) is 1.77. The van der Waals surface area contributed by atoms with Crippen molar-refractivity contribution in [3.8, 4) is 0 Å². The fourth-order valence-corrected chi connectivity index (χ4v) is 1.57. The van der Waals surface area contributed by atoms with Gasteiger partial charge in [0.25, 0.3) is 5.56 Å². The molecule has 3 heteroatoms. The number of fused-ring (bicyclic) bond motifs is 1. The van der Waals surface area contributed by atoms with Gasteiger partial charge in [0.05, 0.1) is 5.52 Å². The summed E-state index contributed by atoms with van der Waals surface area (Å²) in [7, 11) is 0. The van der Waals surface area contributed by atoms with Crippen molar-refractivity contribution in [3.63, 3.8) is 0 Å². The van der Waals surface area contributed by atoms with Crippen molar-refractivity contribution in [2.45, 2.75) is 20.8 Å². The van der Waals surface area contributed by atoms with Gasteiger partial charge >= 0.3 is 0 Å². The topological polar surface area (TPSA) is 48.6 Å². The molecule has 0 saturated carbocycles. The number of aryl methyl sites for hydroxylation is 3. The van der Waals surface area contributed by atoms with Gasteiger partial charge < -0.3 is 9.97 Å². The maximum absolute atomic E-state index is 11.3. The molecule has 2 aromatic heterocycles. The van der Waals surface area contributed by atoms with E-state index in [0.29, 0.717) is 0 Å². The first-order valence-electron chi connectivity index (χ1n) is 4.28. The standard InChI is InChI=1S/C10H12N2O/c1-5-7(3)12-9-6(2)10(13)11-4-8(5)9/h4,12H,1-3H3,(H,11,13). The third-order valence-corrected chi connectivity index (χ3v) is 2.61. The molecule has 2 N–H and O–H groups in total. The van der Waals surface area contributed by atoms with E-state index in [9.17, 15) is 4.79 Å². The van der Waals surface area contributed by atoms with Gasteiger partial charge in [-0.2, -0.15) is 0 Å².